The Labute approximate surface area is 255 Å². The number of anilines is 1. The third-order valence-corrected chi connectivity index (χ3v) is 8.61. The Kier molecular flexibility index (Phi) is 7.87. The fourth-order valence-electron chi connectivity index (χ4n) is 5.89. The number of benzene rings is 3. The van der Waals surface area contributed by atoms with Gasteiger partial charge >= 0.3 is 0 Å². The van der Waals surface area contributed by atoms with Gasteiger partial charge in [0.2, 0.25) is 0 Å². The molecule has 0 radical (unpaired) electrons. The van der Waals surface area contributed by atoms with Gasteiger partial charge in [0.15, 0.2) is 5.78 Å². The number of allylic oxidation sites excluding steroid dienone is 3. The summed E-state index contributed by atoms with van der Waals surface area (Å²) in [4.78, 5) is 15.8. The molecule has 1 aliphatic heterocycles. The summed E-state index contributed by atoms with van der Waals surface area (Å²) in [6.07, 6.45) is 0.937. The number of aryl methyl sites for hydroxylation is 1. The summed E-state index contributed by atoms with van der Waals surface area (Å²) in [5.41, 5.74) is 12.4. The molecule has 0 amide bonds. The maximum atomic E-state index is 14.0. The minimum atomic E-state index is -0.625. The first kappa shape index (κ1) is 29.1. The van der Waals surface area contributed by atoms with Crippen molar-refractivity contribution in [1.29, 1.82) is 5.26 Å². The van der Waals surface area contributed by atoms with E-state index < -0.39 is 5.92 Å². The Balaban J connectivity index is 1.69. The number of nitrogens with zero attached hydrogens (tertiary/aromatic N) is 2. The van der Waals surface area contributed by atoms with Crippen molar-refractivity contribution in [2.45, 2.75) is 53.1 Å². The highest BCUT2D eigenvalue weighted by Gasteiger charge is 2.45. The van der Waals surface area contributed by atoms with E-state index in [1.807, 2.05) is 38.1 Å². The lowest BCUT2D eigenvalue weighted by Crippen LogP contribution is -2.42. The molecule has 1 atom stereocenters. The second-order valence-electron chi connectivity index (χ2n) is 11.4. The van der Waals surface area contributed by atoms with Gasteiger partial charge in [-0.1, -0.05) is 78.5 Å². The molecule has 0 fully saturated rings. The number of rotatable bonds is 5. The minimum absolute atomic E-state index is 0.00800. The molecule has 5 rings (SSSR count). The Bertz CT molecular complexity index is 1680. The first-order valence-electron chi connectivity index (χ1n) is 13.3. The van der Waals surface area contributed by atoms with Crippen molar-refractivity contribution in [1.82, 2.24) is 0 Å². The van der Waals surface area contributed by atoms with Crippen molar-refractivity contribution in [2.24, 2.45) is 11.1 Å². The van der Waals surface area contributed by atoms with Crippen LogP contribution in [-0.4, -0.2) is 5.78 Å². The van der Waals surface area contributed by atoms with Crippen LogP contribution in [0.2, 0.25) is 15.1 Å². The number of para-hydroxylation sites is 1. The fourth-order valence-corrected chi connectivity index (χ4v) is 6.57. The summed E-state index contributed by atoms with van der Waals surface area (Å²) in [5, 5.41) is 11.9. The molecule has 0 saturated heterocycles. The minimum Gasteiger partial charge on any atom is -0.487 e. The number of Topliss-reactive ketones (excluding diaryl/α,β-unsaturated/α-hetero) is 1. The lowest BCUT2D eigenvalue weighted by Gasteiger charge is -2.44. The smallest absolute Gasteiger partial charge is 0.162 e. The average molecular weight is 607 g/mol. The fraction of sp³-hybridized carbons (Fsp3) is 0.273. The van der Waals surface area contributed by atoms with Crippen LogP contribution in [0.25, 0.3) is 0 Å². The van der Waals surface area contributed by atoms with Crippen molar-refractivity contribution in [2.75, 3.05) is 4.90 Å². The van der Waals surface area contributed by atoms with Gasteiger partial charge in [0.05, 0.1) is 33.3 Å². The highest BCUT2D eigenvalue weighted by atomic mass is 35.5. The average Bonchev–Trinajstić information content (AvgIpc) is 2.89. The van der Waals surface area contributed by atoms with Crippen LogP contribution in [0.5, 0.6) is 5.75 Å². The largest absolute Gasteiger partial charge is 0.487 e. The van der Waals surface area contributed by atoms with Crippen LogP contribution in [-0.2, 0) is 11.4 Å². The Hall–Kier alpha value is -3.43. The van der Waals surface area contributed by atoms with Crippen LogP contribution < -0.4 is 15.4 Å². The summed E-state index contributed by atoms with van der Waals surface area (Å²) >= 11 is 19.2. The second kappa shape index (κ2) is 11.1. The summed E-state index contributed by atoms with van der Waals surface area (Å²) in [7, 11) is 0. The number of nitriles is 1. The van der Waals surface area contributed by atoms with E-state index in [0.717, 1.165) is 28.0 Å². The monoisotopic (exact) mass is 605 g/mol. The van der Waals surface area contributed by atoms with Gasteiger partial charge in [0, 0.05) is 22.7 Å². The maximum Gasteiger partial charge on any atom is 0.162 e. The van der Waals surface area contributed by atoms with E-state index in [9.17, 15) is 10.1 Å². The third kappa shape index (κ3) is 5.45. The standard InChI is InChI=1S/C33H30Cl3N3O2/c1-18-11-20(17-41-29-8-6-5-7-24(29)35)19(2)22(12-18)30-23(16-37)32(38)39(26-10-9-21(34)13-25(26)36)27-14-33(3,4)15-28(40)31(27)30/h5-13,30H,14-15,17,38H2,1-4H3. The number of ether oxygens (including phenoxy) is 1. The van der Waals surface area contributed by atoms with Crippen molar-refractivity contribution in [3.63, 3.8) is 0 Å². The molecule has 0 saturated carbocycles. The van der Waals surface area contributed by atoms with E-state index >= 15 is 0 Å². The Morgan fingerprint density at radius 3 is 2.46 bits per heavy atom. The van der Waals surface area contributed by atoms with Crippen molar-refractivity contribution >= 4 is 46.3 Å². The molecule has 1 heterocycles. The topological polar surface area (TPSA) is 79.3 Å². The molecule has 3 aromatic carbocycles. The zero-order valence-electron chi connectivity index (χ0n) is 23.3. The SMILES string of the molecule is Cc1cc(COc2ccccc2Cl)c(C)c(C2C(C#N)=C(N)N(c3ccc(Cl)cc3Cl)C3=C2C(=O)CC(C)(C)C3)c1. The van der Waals surface area contributed by atoms with Gasteiger partial charge in [-0.15, -0.1) is 0 Å². The number of carbonyl (C=O) groups excluding carboxylic acids is 1. The normalized spacial score (nSPS) is 18.3. The Morgan fingerprint density at radius 1 is 1.05 bits per heavy atom. The molecule has 41 heavy (non-hydrogen) atoms. The van der Waals surface area contributed by atoms with Crippen LogP contribution in [0.15, 0.2) is 77.3 Å². The molecule has 2 N–H and O–H groups in total. The van der Waals surface area contributed by atoms with Gasteiger partial charge in [-0.3, -0.25) is 9.69 Å². The number of halogens is 3. The van der Waals surface area contributed by atoms with Gasteiger partial charge in [-0.25, -0.2) is 0 Å². The molecular weight excluding hydrogens is 577 g/mol. The summed E-state index contributed by atoms with van der Waals surface area (Å²) in [6.45, 7) is 8.38. The number of ketones is 1. The summed E-state index contributed by atoms with van der Waals surface area (Å²) in [5.74, 6) is 0.202. The van der Waals surface area contributed by atoms with E-state index in [1.165, 1.54) is 0 Å². The number of hydrogen-bond acceptors (Lipinski definition) is 5. The van der Waals surface area contributed by atoms with Gasteiger partial charge in [0.1, 0.15) is 18.2 Å². The maximum absolute atomic E-state index is 14.0. The second-order valence-corrected chi connectivity index (χ2v) is 12.7. The molecule has 5 nitrogen and oxygen atoms in total. The van der Waals surface area contributed by atoms with Gasteiger partial charge in [-0.2, -0.15) is 5.26 Å². The van der Waals surface area contributed by atoms with E-state index in [4.69, 9.17) is 45.3 Å². The molecule has 0 bridgehead atoms. The van der Waals surface area contributed by atoms with Crippen LogP contribution in [0.1, 0.15) is 54.9 Å². The first-order valence-corrected chi connectivity index (χ1v) is 14.4. The van der Waals surface area contributed by atoms with Crippen molar-refractivity contribution in [3.8, 4) is 11.8 Å². The van der Waals surface area contributed by atoms with E-state index in [-0.39, 0.29) is 23.6 Å². The van der Waals surface area contributed by atoms with E-state index in [1.54, 1.807) is 29.2 Å². The lowest BCUT2D eigenvalue weighted by molar-refractivity contribution is -0.118. The van der Waals surface area contributed by atoms with Gasteiger partial charge in [0.25, 0.3) is 0 Å². The molecule has 3 aromatic rings. The molecule has 8 heteroatoms. The zero-order chi connectivity index (χ0) is 29.6. The predicted octanol–water partition coefficient (Wildman–Crippen LogP) is 8.78. The van der Waals surface area contributed by atoms with E-state index in [2.05, 4.69) is 26.0 Å². The number of hydrogen-bond donors (Lipinski definition) is 1. The quantitative estimate of drug-likeness (QED) is 0.314. The molecule has 0 aromatic heterocycles. The highest BCUT2D eigenvalue weighted by Crippen LogP contribution is 2.52. The molecule has 1 aliphatic carbocycles. The van der Waals surface area contributed by atoms with E-state index in [0.29, 0.717) is 50.5 Å². The van der Waals surface area contributed by atoms with Crippen LogP contribution in [0.4, 0.5) is 5.69 Å². The van der Waals surface area contributed by atoms with Gasteiger partial charge in [-0.05, 0) is 72.7 Å². The summed E-state index contributed by atoms with van der Waals surface area (Å²) < 4.78 is 6.08. The third-order valence-electron chi connectivity index (χ3n) is 7.76. The predicted molar refractivity (Wildman–Crippen MR) is 165 cm³/mol. The van der Waals surface area contributed by atoms with Crippen molar-refractivity contribution in [3.05, 3.63) is 115 Å². The van der Waals surface area contributed by atoms with Gasteiger partial charge < -0.3 is 10.5 Å². The zero-order valence-corrected chi connectivity index (χ0v) is 25.6. The molecule has 0 spiro atoms. The molecule has 2 aliphatic rings. The lowest BCUT2D eigenvalue weighted by atomic mass is 9.68. The summed E-state index contributed by atoms with van der Waals surface area (Å²) in [6, 6.07) is 18.9. The molecule has 210 valence electrons. The first-order chi connectivity index (χ1) is 19.4. The number of nitrogens with two attached hydrogens (primary N) is 1. The van der Waals surface area contributed by atoms with Crippen LogP contribution in [0, 0.1) is 30.6 Å². The van der Waals surface area contributed by atoms with Crippen LogP contribution >= 0.6 is 34.8 Å². The molecule has 1 unspecified atom stereocenters. The highest BCUT2D eigenvalue weighted by molar-refractivity contribution is 6.36. The Morgan fingerprint density at radius 2 is 1.78 bits per heavy atom. The van der Waals surface area contributed by atoms with Crippen molar-refractivity contribution < 1.29 is 9.53 Å². The molecular formula is C33H30Cl3N3O2. The number of carbonyl (C=O) groups is 1. The van der Waals surface area contributed by atoms with Crippen LogP contribution in [0.3, 0.4) is 0 Å².